The molecule has 0 spiro atoms. The van der Waals surface area contributed by atoms with Gasteiger partial charge in [0.05, 0.1) is 12.2 Å². The Hall–Kier alpha value is -2.42. The van der Waals surface area contributed by atoms with Crippen molar-refractivity contribution in [2.75, 3.05) is 0 Å². The van der Waals surface area contributed by atoms with Crippen LogP contribution in [0.1, 0.15) is 11.1 Å². The van der Waals surface area contributed by atoms with Gasteiger partial charge in [-0.3, -0.25) is 9.67 Å². The largest absolute Gasteiger partial charge is 0.265 e. The van der Waals surface area contributed by atoms with Gasteiger partial charge in [-0.1, -0.05) is 29.8 Å². The minimum absolute atomic E-state index is 0.783. The highest BCUT2D eigenvalue weighted by atomic mass is 15.3. The van der Waals surface area contributed by atoms with E-state index < -0.39 is 0 Å². The van der Waals surface area contributed by atoms with Crippen LogP contribution in [-0.2, 0) is 6.54 Å². The molecule has 3 aromatic rings. The quantitative estimate of drug-likeness (QED) is 0.713. The monoisotopic (exact) mass is 249 g/mol. The van der Waals surface area contributed by atoms with E-state index in [0.717, 1.165) is 17.8 Å². The van der Waals surface area contributed by atoms with Crippen LogP contribution in [0.3, 0.4) is 0 Å². The molecule has 3 heteroatoms. The van der Waals surface area contributed by atoms with Crippen LogP contribution in [0.25, 0.3) is 11.3 Å². The zero-order valence-corrected chi connectivity index (χ0v) is 10.8. The van der Waals surface area contributed by atoms with Gasteiger partial charge in [0.25, 0.3) is 0 Å². The van der Waals surface area contributed by atoms with Gasteiger partial charge in [-0.05, 0) is 30.7 Å². The molecule has 0 unspecified atom stereocenters. The highest BCUT2D eigenvalue weighted by Gasteiger charge is 2.05. The normalized spacial score (nSPS) is 10.6. The van der Waals surface area contributed by atoms with Crippen LogP contribution >= 0.6 is 0 Å². The molecule has 0 amide bonds. The van der Waals surface area contributed by atoms with Crippen LogP contribution in [0, 0.1) is 6.92 Å². The Morgan fingerprint density at radius 2 is 1.63 bits per heavy atom. The van der Waals surface area contributed by atoms with Crippen molar-refractivity contribution >= 4 is 0 Å². The molecular weight excluding hydrogens is 234 g/mol. The van der Waals surface area contributed by atoms with E-state index in [2.05, 4.69) is 41.3 Å². The van der Waals surface area contributed by atoms with Crippen molar-refractivity contribution in [3.63, 3.8) is 0 Å². The van der Waals surface area contributed by atoms with E-state index >= 15 is 0 Å². The highest BCUT2D eigenvalue weighted by molar-refractivity contribution is 5.58. The third kappa shape index (κ3) is 2.55. The molecule has 3 rings (SSSR count). The van der Waals surface area contributed by atoms with E-state index in [1.165, 1.54) is 11.1 Å². The molecule has 94 valence electrons. The second-order valence-corrected chi connectivity index (χ2v) is 4.60. The first-order valence-corrected chi connectivity index (χ1v) is 6.31. The summed E-state index contributed by atoms with van der Waals surface area (Å²) in [5.41, 5.74) is 4.78. The maximum Gasteiger partial charge on any atom is 0.0687 e. The lowest BCUT2D eigenvalue weighted by Gasteiger charge is -2.08. The number of hydrogen-bond acceptors (Lipinski definition) is 2. The average Bonchev–Trinajstić information content (AvgIpc) is 2.90. The van der Waals surface area contributed by atoms with Crippen molar-refractivity contribution in [3.8, 4) is 11.3 Å². The molecule has 19 heavy (non-hydrogen) atoms. The molecule has 2 heterocycles. The fraction of sp³-hybridized carbons (Fsp3) is 0.125. The minimum Gasteiger partial charge on any atom is -0.265 e. The van der Waals surface area contributed by atoms with Gasteiger partial charge < -0.3 is 0 Å². The maximum atomic E-state index is 4.41. The Balaban J connectivity index is 1.91. The van der Waals surface area contributed by atoms with E-state index in [0.29, 0.717) is 0 Å². The second kappa shape index (κ2) is 5.06. The number of benzene rings is 1. The van der Waals surface area contributed by atoms with Crippen molar-refractivity contribution in [2.45, 2.75) is 13.5 Å². The van der Waals surface area contributed by atoms with Gasteiger partial charge in [0.1, 0.15) is 0 Å². The van der Waals surface area contributed by atoms with Crippen LogP contribution in [0.4, 0.5) is 0 Å². The Labute approximate surface area is 112 Å². The lowest BCUT2D eigenvalue weighted by atomic mass is 10.1. The molecule has 0 atom stereocenters. The molecule has 3 nitrogen and oxygen atoms in total. The SMILES string of the molecule is Cc1ccc(Cn2nccc2-c2ccncc2)cc1. The molecule has 0 N–H and O–H groups in total. The predicted octanol–water partition coefficient (Wildman–Crippen LogP) is 3.30. The van der Waals surface area contributed by atoms with Gasteiger partial charge in [-0.15, -0.1) is 0 Å². The number of aryl methyl sites for hydroxylation is 1. The Kier molecular flexibility index (Phi) is 3.11. The van der Waals surface area contributed by atoms with Gasteiger partial charge in [-0.25, -0.2) is 0 Å². The van der Waals surface area contributed by atoms with Crippen LogP contribution in [0.5, 0.6) is 0 Å². The summed E-state index contributed by atoms with van der Waals surface area (Å²) in [6, 6.07) is 14.6. The van der Waals surface area contributed by atoms with Gasteiger partial charge in [0, 0.05) is 24.2 Å². The third-order valence-electron chi connectivity index (χ3n) is 3.15. The summed E-state index contributed by atoms with van der Waals surface area (Å²) in [5.74, 6) is 0. The summed E-state index contributed by atoms with van der Waals surface area (Å²) in [6.45, 7) is 2.88. The number of aromatic nitrogens is 3. The van der Waals surface area contributed by atoms with E-state index in [-0.39, 0.29) is 0 Å². The molecule has 0 aliphatic heterocycles. The summed E-state index contributed by atoms with van der Waals surface area (Å²) < 4.78 is 2.01. The number of rotatable bonds is 3. The molecule has 0 aliphatic carbocycles. The fourth-order valence-electron chi connectivity index (χ4n) is 2.09. The van der Waals surface area contributed by atoms with Crippen molar-refractivity contribution in [1.29, 1.82) is 0 Å². The molecule has 2 aromatic heterocycles. The molecule has 0 saturated heterocycles. The molecule has 1 aromatic carbocycles. The van der Waals surface area contributed by atoms with E-state index in [1.807, 2.05) is 29.1 Å². The third-order valence-corrected chi connectivity index (χ3v) is 3.15. The molecule has 0 fully saturated rings. The molecule has 0 saturated carbocycles. The van der Waals surface area contributed by atoms with Gasteiger partial charge in [0.2, 0.25) is 0 Å². The smallest absolute Gasteiger partial charge is 0.0687 e. The van der Waals surface area contributed by atoms with Crippen LogP contribution in [-0.4, -0.2) is 14.8 Å². The Bertz CT molecular complexity index is 654. The first-order chi connectivity index (χ1) is 9.33. The standard InChI is InChI=1S/C16H15N3/c1-13-2-4-14(5-3-13)12-19-16(8-11-18-19)15-6-9-17-10-7-15/h2-11H,12H2,1H3. The van der Waals surface area contributed by atoms with Gasteiger partial charge in [0.15, 0.2) is 0 Å². The number of hydrogen-bond donors (Lipinski definition) is 0. The topological polar surface area (TPSA) is 30.7 Å². The first-order valence-electron chi connectivity index (χ1n) is 6.31. The summed E-state index contributed by atoms with van der Waals surface area (Å²) in [7, 11) is 0. The summed E-state index contributed by atoms with van der Waals surface area (Å²) in [6.07, 6.45) is 5.45. The molecule has 0 bridgehead atoms. The van der Waals surface area contributed by atoms with E-state index in [9.17, 15) is 0 Å². The van der Waals surface area contributed by atoms with Crippen molar-refractivity contribution in [2.24, 2.45) is 0 Å². The second-order valence-electron chi connectivity index (χ2n) is 4.60. The van der Waals surface area contributed by atoms with E-state index in [4.69, 9.17) is 0 Å². The molecular formula is C16H15N3. The summed E-state index contributed by atoms with van der Waals surface area (Å²) in [4.78, 5) is 4.05. The zero-order valence-electron chi connectivity index (χ0n) is 10.8. The van der Waals surface area contributed by atoms with Gasteiger partial charge >= 0.3 is 0 Å². The number of nitrogens with zero attached hydrogens (tertiary/aromatic N) is 3. The lowest BCUT2D eigenvalue weighted by molar-refractivity contribution is 0.694. The molecule has 0 radical (unpaired) electrons. The molecule has 0 aliphatic rings. The Morgan fingerprint density at radius 1 is 0.895 bits per heavy atom. The zero-order chi connectivity index (χ0) is 13.1. The maximum absolute atomic E-state index is 4.41. The van der Waals surface area contributed by atoms with Gasteiger partial charge in [-0.2, -0.15) is 5.10 Å². The summed E-state index contributed by atoms with van der Waals surface area (Å²) in [5, 5.41) is 4.41. The summed E-state index contributed by atoms with van der Waals surface area (Å²) >= 11 is 0. The highest BCUT2D eigenvalue weighted by Crippen LogP contribution is 2.18. The van der Waals surface area contributed by atoms with Crippen LogP contribution < -0.4 is 0 Å². The van der Waals surface area contributed by atoms with Crippen LogP contribution in [0.2, 0.25) is 0 Å². The predicted molar refractivity (Wildman–Crippen MR) is 75.7 cm³/mol. The van der Waals surface area contributed by atoms with Crippen molar-refractivity contribution in [1.82, 2.24) is 14.8 Å². The first kappa shape index (κ1) is 11.7. The van der Waals surface area contributed by atoms with E-state index in [1.54, 1.807) is 12.4 Å². The Morgan fingerprint density at radius 3 is 2.37 bits per heavy atom. The van der Waals surface area contributed by atoms with Crippen molar-refractivity contribution in [3.05, 3.63) is 72.2 Å². The average molecular weight is 249 g/mol. The van der Waals surface area contributed by atoms with Crippen molar-refractivity contribution < 1.29 is 0 Å². The van der Waals surface area contributed by atoms with Crippen LogP contribution in [0.15, 0.2) is 61.1 Å². The lowest BCUT2D eigenvalue weighted by Crippen LogP contribution is -2.03. The fourth-order valence-corrected chi connectivity index (χ4v) is 2.09. The minimum atomic E-state index is 0.783. The number of pyridine rings is 1.